The molecule has 0 aliphatic carbocycles. The Bertz CT molecular complexity index is 443. The Balaban J connectivity index is 2.08. The summed E-state index contributed by atoms with van der Waals surface area (Å²) in [5, 5.41) is 9.25. The molecule has 0 heterocycles. The summed E-state index contributed by atoms with van der Waals surface area (Å²) in [6.07, 6.45) is 1.54. The molecule has 1 nitrogen and oxygen atoms in total. The lowest BCUT2D eigenvalue weighted by Gasteiger charge is -2.06. The van der Waals surface area contributed by atoms with E-state index >= 15 is 0 Å². The van der Waals surface area contributed by atoms with Gasteiger partial charge < -0.3 is 5.11 Å². The first-order chi connectivity index (χ1) is 8.25. The molecule has 0 aromatic heterocycles. The molecule has 0 aliphatic heterocycles. The van der Waals surface area contributed by atoms with Gasteiger partial charge in [0.25, 0.3) is 0 Å². The fourth-order valence-electron chi connectivity index (χ4n) is 1.87. The van der Waals surface area contributed by atoms with Crippen molar-refractivity contribution in [3.8, 4) is 11.1 Å². The molecule has 17 heavy (non-hydrogen) atoms. The van der Waals surface area contributed by atoms with E-state index in [0.717, 1.165) is 12.8 Å². The Kier molecular flexibility index (Phi) is 3.94. The van der Waals surface area contributed by atoms with Crippen LogP contribution in [-0.4, -0.2) is 11.2 Å². The summed E-state index contributed by atoms with van der Waals surface area (Å²) in [5.74, 6) is 0. The van der Waals surface area contributed by atoms with Gasteiger partial charge in [0.1, 0.15) is 0 Å². The number of aliphatic hydroxyl groups is 1. The zero-order valence-electron chi connectivity index (χ0n) is 10.1. The van der Waals surface area contributed by atoms with E-state index < -0.39 is 0 Å². The number of aryl methyl sites for hydroxylation is 1. The number of benzene rings is 2. The van der Waals surface area contributed by atoms with Crippen molar-refractivity contribution in [3.63, 3.8) is 0 Å². The minimum Gasteiger partial charge on any atom is -0.393 e. The summed E-state index contributed by atoms with van der Waals surface area (Å²) in [5.41, 5.74) is 3.77. The Labute approximate surface area is 103 Å². The van der Waals surface area contributed by atoms with Crippen LogP contribution in [0.5, 0.6) is 0 Å². The van der Waals surface area contributed by atoms with Gasteiger partial charge in [0.2, 0.25) is 0 Å². The minimum atomic E-state index is -0.219. The molecule has 0 fully saturated rings. The van der Waals surface area contributed by atoms with Crippen LogP contribution in [0.2, 0.25) is 0 Å². The van der Waals surface area contributed by atoms with E-state index in [1.54, 1.807) is 0 Å². The van der Waals surface area contributed by atoms with Gasteiger partial charge in [-0.1, -0.05) is 54.6 Å². The highest BCUT2D eigenvalue weighted by atomic mass is 16.3. The third-order valence-corrected chi connectivity index (χ3v) is 2.91. The molecule has 2 aromatic carbocycles. The maximum absolute atomic E-state index is 9.25. The average molecular weight is 226 g/mol. The lowest BCUT2D eigenvalue weighted by Crippen LogP contribution is -2.01. The highest BCUT2D eigenvalue weighted by molar-refractivity contribution is 5.63. The van der Waals surface area contributed by atoms with E-state index in [4.69, 9.17) is 0 Å². The van der Waals surface area contributed by atoms with Crippen molar-refractivity contribution < 1.29 is 5.11 Å². The molecular formula is C16H18O. The monoisotopic (exact) mass is 226 g/mol. The molecule has 0 radical (unpaired) electrons. The summed E-state index contributed by atoms with van der Waals surface area (Å²) >= 11 is 0. The van der Waals surface area contributed by atoms with Crippen LogP contribution >= 0.6 is 0 Å². The molecule has 1 heteroatoms. The highest BCUT2D eigenvalue weighted by Crippen LogP contribution is 2.19. The normalized spacial score (nSPS) is 12.4. The second-order valence-electron chi connectivity index (χ2n) is 4.45. The van der Waals surface area contributed by atoms with Crippen molar-refractivity contribution >= 4 is 0 Å². The van der Waals surface area contributed by atoms with Crippen LogP contribution in [0.1, 0.15) is 18.9 Å². The predicted octanol–water partition coefficient (Wildman–Crippen LogP) is 3.67. The van der Waals surface area contributed by atoms with Crippen molar-refractivity contribution in [2.75, 3.05) is 0 Å². The Morgan fingerprint density at radius 3 is 2.06 bits per heavy atom. The quantitative estimate of drug-likeness (QED) is 0.843. The number of rotatable bonds is 4. The lowest BCUT2D eigenvalue weighted by atomic mass is 10.0. The zero-order chi connectivity index (χ0) is 12.1. The first-order valence-electron chi connectivity index (χ1n) is 6.08. The fourth-order valence-corrected chi connectivity index (χ4v) is 1.87. The van der Waals surface area contributed by atoms with E-state index in [-0.39, 0.29) is 6.10 Å². The van der Waals surface area contributed by atoms with Crippen LogP contribution in [0.15, 0.2) is 54.6 Å². The van der Waals surface area contributed by atoms with Crippen LogP contribution in [0.4, 0.5) is 0 Å². The second-order valence-corrected chi connectivity index (χ2v) is 4.45. The van der Waals surface area contributed by atoms with Gasteiger partial charge >= 0.3 is 0 Å². The summed E-state index contributed by atoms with van der Waals surface area (Å²) in [6, 6.07) is 18.9. The van der Waals surface area contributed by atoms with E-state index in [9.17, 15) is 5.11 Å². The molecule has 1 unspecified atom stereocenters. The summed E-state index contributed by atoms with van der Waals surface area (Å²) in [7, 11) is 0. The van der Waals surface area contributed by atoms with Crippen LogP contribution < -0.4 is 0 Å². The summed E-state index contributed by atoms with van der Waals surface area (Å²) in [6.45, 7) is 1.83. The standard InChI is InChI=1S/C16H18O/c1-13(17)7-8-14-9-11-16(12-10-14)15-5-3-2-4-6-15/h2-6,9-13,17H,7-8H2,1H3. The van der Waals surface area contributed by atoms with Gasteiger partial charge in [0.05, 0.1) is 6.10 Å². The van der Waals surface area contributed by atoms with Gasteiger partial charge in [0.15, 0.2) is 0 Å². The Hall–Kier alpha value is -1.60. The molecule has 2 rings (SSSR count). The Morgan fingerprint density at radius 2 is 1.47 bits per heavy atom. The fraction of sp³-hybridized carbons (Fsp3) is 0.250. The maximum Gasteiger partial charge on any atom is 0.0515 e. The van der Waals surface area contributed by atoms with Gasteiger partial charge in [-0.15, -0.1) is 0 Å². The van der Waals surface area contributed by atoms with Crippen molar-refractivity contribution in [2.24, 2.45) is 0 Å². The molecule has 1 atom stereocenters. The molecule has 1 N–H and O–H groups in total. The summed E-state index contributed by atoms with van der Waals surface area (Å²) in [4.78, 5) is 0. The third-order valence-electron chi connectivity index (χ3n) is 2.91. The highest BCUT2D eigenvalue weighted by Gasteiger charge is 1.99. The molecule has 0 aliphatic rings. The van der Waals surface area contributed by atoms with Crippen molar-refractivity contribution in [1.29, 1.82) is 0 Å². The molecule has 0 saturated carbocycles. The van der Waals surface area contributed by atoms with Crippen molar-refractivity contribution in [3.05, 3.63) is 60.2 Å². The molecule has 0 spiro atoms. The summed E-state index contributed by atoms with van der Waals surface area (Å²) < 4.78 is 0. The van der Waals surface area contributed by atoms with Gasteiger partial charge in [-0.25, -0.2) is 0 Å². The number of aliphatic hydroxyl groups excluding tert-OH is 1. The third kappa shape index (κ3) is 3.43. The first-order valence-corrected chi connectivity index (χ1v) is 6.08. The molecule has 0 amide bonds. The van der Waals surface area contributed by atoms with Gasteiger partial charge in [-0.3, -0.25) is 0 Å². The number of hydrogen-bond acceptors (Lipinski definition) is 1. The smallest absolute Gasteiger partial charge is 0.0515 e. The van der Waals surface area contributed by atoms with Crippen LogP contribution in [0.25, 0.3) is 11.1 Å². The Morgan fingerprint density at radius 1 is 0.882 bits per heavy atom. The first kappa shape index (κ1) is 11.9. The van der Waals surface area contributed by atoms with Gasteiger partial charge in [0, 0.05) is 0 Å². The zero-order valence-corrected chi connectivity index (χ0v) is 10.1. The predicted molar refractivity (Wildman–Crippen MR) is 71.9 cm³/mol. The second kappa shape index (κ2) is 5.65. The van der Waals surface area contributed by atoms with Crippen molar-refractivity contribution in [1.82, 2.24) is 0 Å². The van der Waals surface area contributed by atoms with Gasteiger partial charge in [-0.05, 0) is 36.5 Å². The molecule has 0 saturated heterocycles. The maximum atomic E-state index is 9.25. The molecule has 88 valence electrons. The van der Waals surface area contributed by atoms with Crippen molar-refractivity contribution in [2.45, 2.75) is 25.9 Å². The SMILES string of the molecule is CC(O)CCc1ccc(-c2ccccc2)cc1. The van der Waals surface area contributed by atoms with E-state index in [1.807, 2.05) is 13.0 Å². The van der Waals surface area contributed by atoms with E-state index in [0.29, 0.717) is 0 Å². The van der Waals surface area contributed by atoms with Gasteiger partial charge in [-0.2, -0.15) is 0 Å². The minimum absolute atomic E-state index is 0.219. The molecular weight excluding hydrogens is 208 g/mol. The molecule has 0 bridgehead atoms. The number of hydrogen-bond donors (Lipinski definition) is 1. The van der Waals surface area contributed by atoms with Crippen LogP contribution in [-0.2, 0) is 6.42 Å². The average Bonchev–Trinajstić information content (AvgIpc) is 2.38. The van der Waals surface area contributed by atoms with Crippen LogP contribution in [0.3, 0.4) is 0 Å². The lowest BCUT2D eigenvalue weighted by molar-refractivity contribution is 0.185. The molecule has 2 aromatic rings. The largest absolute Gasteiger partial charge is 0.393 e. The van der Waals surface area contributed by atoms with E-state index in [1.165, 1.54) is 16.7 Å². The van der Waals surface area contributed by atoms with Crippen LogP contribution in [0, 0.1) is 0 Å². The topological polar surface area (TPSA) is 20.2 Å². The van der Waals surface area contributed by atoms with E-state index in [2.05, 4.69) is 48.5 Å².